The highest BCUT2D eigenvalue weighted by Crippen LogP contribution is 2.33. The number of benzene rings is 3. The van der Waals surface area contributed by atoms with E-state index in [1.807, 2.05) is 0 Å². The number of thioether (sulfide) groups is 2. The van der Waals surface area contributed by atoms with Gasteiger partial charge in [-0.3, -0.25) is 0 Å². The lowest BCUT2D eigenvalue weighted by Gasteiger charge is -2.12. The van der Waals surface area contributed by atoms with Crippen LogP contribution in [0.3, 0.4) is 0 Å². The van der Waals surface area contributed by atoms with Crippen LogP contribution >= 0.6 is 23.5 Å². The molecule has 0 fully saturated rings. The zero-order valence-electron chi connectivity index (χ0n) is 17.8. The molecule has 0 spiro atoms. The second-order valence-electron chi connectivity index (χ2n) is 8.17. The first-order chi connectivity index (χ1) is 14.9. The third kappa shape index (κ3) is 6.18. The highest BCUT2D eigenvalue weighted by molar-refractivity contribution is 7.98. The van der Waals surface area contributed by atoms with Gasteiger partial charge in [0, 0.05) is 11.5 Å². The van der Waals surface area contributed by atoms with E-state index in [4.69, 9.17) is 0 Å². The van der Waals surface area contributed by atoms with Gasteiger partial charge in [-0.15, -0.1) is 0 Å². The molecule has 0 N–H and O–H groups in total. The molecule has 3 aliphatic rings. The van der Waals surface area contributed by atoms with Gasteiger partial charge in [-0.25, -0.2) is 0 Å². The average Bonchev–Trinajstić information content (AvgIpc) is 2.80. The zero-order chi connectivity index (χ0) is 20.4. The van der Waals surface area contributed by atoms with E-state index in [1.165, 1.54) is 83.4 Å². The molecule has 0 atom stereocenters. The molecule has 0 aliphatic carbocycles. The van der Waals surface area contributed by atoms with Crippen LogP contribution < -0.4 is 0 Å². The summed E-state index contributed by atoms with van der Waals surface area (Å²) in [6, 6.07) is 27.2. The van der Waals surface area contributed by atoms with Crippen molar-refractivity contribution in [2.75, 3.05) is 11.5 Å². The fraction of sp³-hybridized carbons (Fsp3) is 0.357. The normalized spacial score (nSPS) is 16.4. The van der Waals surface area contributed by atoms with Crippen LogP contribution in [0.2, 0.25) is 0 Å². The highest BCUT2D eigenvalue weighted by atomic mass is 32.2. The third-order valence-corrected chi connectivity index (χ3v) is 8.05. The summed E-state index contributed by atoms with van der Waals surface area (Å²) in [6.45, 7) is 0. The highest BCUT2D eigenvalue weighted by Gasteiger charge is 2.08. The van der Waals surface area contributed by atoms with Gasteiger partial charge >= 0.3 is 0 Å². The predicted octanol–water partition coefficient (Wildman–Crippen LogP) is 8.84. The molecule has 4 bridgehead atoms. The van der Waals surface area contributed by atoms with Crippen LogP contribution in [0.1, 0.15) is 49.7 Å². The lowest BCUT2D eigenvalue weighted by molar-refractivity contribution is 0.629. The molecule has 0 amide bonds. The lowest BCUT2D eigenvalue weighted by Crippen LogP contribution is -1.89. The van der Waals surface area contributed by atoms with Crippen molar-refractivity contribution in [3.05, 3.63) is 83.9 Å². The molecule has 3 aromatic rings. The number of hydrogen-bond donors (Lipinski definition) is 0. The van der Waals surface area contributed by atoms with Gasteiger partial charge in [0.2, 0.25) is 0 Å². The minimum Gasteiger partial charge on any atom is -0.157 e. The maximum Gasteiger partial charge on any atom is 0.0184 e. The monoisotopic (exact) mass is 432 g/mol. The van der Waals surface area contributed by atoms with Gasteiger partial charge in [-0.1, -0.05) is 98.5 Å². The number of rotatable bonds is 0. The minimum atomic E-state index is 1.13. The number of fused-ring (bicyclic) bond motifs is 2. The molecule has 0 nitrogen and oxygen atoms in total. The molecular formula is C28H32S2. The van der Waals surface area contributed by atoms with Gasteiger partial charge in [0.25, 0.3) is 0 Å². The summed E-state index contributed by atoms with van der Waals surface area (Å²) in [5, 5.41) is 0. The molecule has 3 aliphatic heterocycles. The van der Waals surface area contributed by atoms with Crippen LogP contribution in [-0.4, -0.2) is 11.5 Å². The van der Waals surface area contributed by atoms with Crippen molar-refractivity contribution in [3.63, 3.8) is 0 Å². The van der Waals surface area contributed by atoms with Gasteiger partial charge in [-0.05, 0) is 57.7 Å². The van der Waals surface area contributed by atoms with Crippen molar-refractivity contribution >= 4 is 23.5 Å². The molecule has 0 unspecified atom stereocenters. The average molecular weight is 433 g/mol. The smallest absolute Gasteiger partial charge is 0.0184 e. The summed E-state index contributed by atoms with van der Waals surface area (Å²) in [5.41, 5.74) is 8.12. The fourth-order valence-electron chi connectivity index (χ4n) is 4.04. The summed E-state index contributed by atoms with van der Waals surface area (Å²) in [5.74, 6) is 4.83. The Morgan fingerprint density at radius 2 is 0.833 bits per heavy atom. The SMILES string of the molecule is c1ccc2c(c1)-c1ccc(cc1)CSCCCCCCCCSCc1ccc-2cc1. The van der Waals surface area contributed by atoms with Crippen molar-refractivity contribution in [3.8, 4) is 22.3 Å². The standard InChI is InChI=1S/C28H32S2/c1-2-4-8-20-30-22-24-13-17-26(18-14-24)28-10-6-5-9-27(28)25-15-11-23(12-16-25)21-29-19-7-3-1/h5-6,9-18H,1-4,7-8,19-22H2. The molecule has 3 heterocycles. The van der Waals surface area contributed by atoms with E-state index in [2.05, 4.69) is 96.3 Å². The molecule has 0 radical (unpaired) electrons. The zero-order valence-corrected chi connectivity index (χ0v) is 19.4. The van der Waals surface area contributed by atoms with E-state index in [-0.39, 0.29) is 0 Å². The Hall–Kier alpha value is -1.64. The molecule has 0 aromatic heterocycles. The first-order valence-corrected chi connectivity index (χ1v) is 13.6. The van der Waals surface area contributed by atoms with Crippen molar-refractivity contribution in [2.24, 2.45) is 0 Å². The third-order valence-electron chi connectivity index (χ3n) is 5.82. The van der Waals surface area contributed by atoms with E-state index < -0.39 is 0 Å². The quantitative estimate of drug-likeness (QED) is 0.348. The van der Waals surface area contributed by atoms with E-state index in [9.17, 15) is 0 Å². The van der Waals surface area contributed by atoms with Crippen LogP contribution in [0, 0.1) is 0 Å². The molecule has 3 aromatic carbocycles. The molecule has 6 rings (SSSR count). The van der Waals surface area contributed by atoms with Gasteiger partial charge in [-0.2, -0.15) is 23.5 Å². The van der Waals surface area contributed by atoms with Crippen molar-refractivity contribution in [2.45, 2.75) is 50.0 Å². The lowest BCUT2D eigenvalue weighted by atomic mass is 9.94. The summed E-state index contributed by atoms with van der Waals surface area (Å²) in [4.78, 5) is 0. The number of hydrogen-bond acceptors (Lipinski definition) is 2. The van der Waals surface area contributed by atoms with Gasteiger partial charge in [0.15, 0.2) is 0 Å². The summed E-state index contributed by atoms with van der Waals surface area (Å²) in [6.07, 6.45) is 8.31. The minimum absolute atomic E-state index is 1.13. The maximum atomic E-state index is 2.31. The largest absolute Gasteiger partial charge is 0.157 e. The first kappa shape index (κ1) is 21.6. The second kappa shape index (κ2) is 11.7. The Labute approximate surface area is 190 Å². The van der Waals surface area contributed by atoms with Crippen molar-refractivity contribution < 1.29 is 0 Å². The van der Waals surface area contributed by atoms with Crippen molar-refractivity contribution in [1.82, 2.24) is 0 Å². The Kier molecular flexibility index (Phi) is 8.40. The van der Waals surface area contributed by atoms with Gasteiger partial charge in [0.1, 0.15) is 0 Å². The van der Waals surface area contributed by atoms with E-state index in [0.29, 0.717) is 0 Å². The van der Waals surface area contributed by atoms with Crippen LogP contribution in [-0.2, 0) is 11.5 Å². The van der Waals surface area contributed by atoms with Crippen LogP contribution in [0.4, 0.5) is 0 Å². The van der Waals surface area contributed by atoms with Crippen molar-refractivity contribution in [1.29, 1.82) is 0 Å². The van der Waals surface area contributed by atoms with E-state index in [0.717, 1.165) is 11.5 Å². The van der Waals surface area contributed by atoms with Crippen LogP contribution in [0.25, 0.3) is 22.3 Å². The topological polar surface area (TPSA) is 0 Å². The first-order valence-electron chi connectivity index (χ1n) is 11.3. The molecule has 0 saturated carbocycles. The summed E-state index contributed by atoms with van der Waals surface area (Å²) < 4.78 is 0. The molecule has 0 saturated heterocycles. The molecule has 30 heavy (non-hydrogen) atoms. The predicted molar refractivity (Wildman–Crippen MR) is 137 cm³/mol. The molecule has 2 heteroatoms. The summed E-state index contributed by atoms with van der Waals surface area (Å²) >= 11 is 4.17. The van der Waals surface area contributed by atoms with Gasteiger partial charge < -0.3 is 0 Å². The molecule has 156 valence electrons. The van der Waals surface area contributed by atoms with Crippen LogP contribution in [0.15, 0.2) is 72.8 Å². The maximum absolute atomic E-state index is 2.31. The second-order valence-corrected chi connectivity index (χ2v) is 10.4. The Bertz CT molecular complexity index is 820. The Balaban J connectivity index is 1.56. The van der Waals surface area contributed by atoms with Crippen LogP contribution in [0.5, 0.6) is 0 Å². The Morgan fingerprint density at radius 1 is 0.433 bits per heavy atom. The Morgan fingerprint density at radius 3 is 1.27 bits per heavy atom. The summed E-state index contributed by atoms with van der Waals surface area (Å²) in [7, 11) is 0. The van der Waals surface area contributed by atoms with E-state index in [1.54, 1.807) is 0 Å². The van der Waals surface area contributed by atoms with E-state index >= 15 is 0 Å². The molecular weight excluding hydrogens is 400 g/mol. The fourth-order valence-corrected chi connectivity index (χ4v) is 6.00. The van der Waals surface area contributed by atoms with Gasteiger partial charge in [0.05, 0.1) is 0 Å².